The summed E-state index contributed by atoms with van der Waals surface area (Å²) in [6, 6.07) is 5.39. The fraction of sp³-hybridized carbons (Fsp3) is 0.588. The maximum absolute atomic E-state index is 12.0. The molecule has 0 bridgehead atoms. The van der Waals surface area contributed by atoms with Gasteiger partial charge in [0.15, 0.2) is 0 Å². The van der Waals surface area contributed by atoms with E-state index in [-0.39, 0.29) is 6.03 Å². The number of nitrogens with zero attached hydrogens (tertiary/aromatic N) is 2. The van der Waals surface area contributed by atoms with Gasteiger partial charge >= 0.3 is 6.03 Å². The number of likely N-dealkylation sites (N-methyl/N-ethyl adjacent to an activating group) is 1. The van der Waals surface area contributed by atoms with Crippen LogP contribution in [-0.2, 0) is 0 Å². The van der Waals surface area contributed by atoms with E-state index in [4.69, 9.17) is 11.6 Å². The highest BCUT2D eigenvalue weighted by molar-refractivity contribution is 6.33. The summed E-state index contributed by atoms with van der Waals surface area (Å²) in [5.41, 5.74) is 1.71. The Morgan fingerprint density at radius 3 is 2.65 bits per heavy atom. The number of rotatable bonds is 5. The zero-order valence-corrected chi connectivity index (χ0v) is 15.0. The lowest BCUT2D eigenvalue weighted by Gasteiger charge is -2.33. The Balaban J connectivity index is 1.71. The molecule has 1 aromatic carbocycles. The number of aryl methyl sites for hydroxylation is 1. The SMILES string of the molecule is Cc1ccc(NC(=O)NC[C@@H](C)CN2CCN(C)CC2)c(Cl)c1. The van der Waals surface area contributed by atoms with Crippen molar-refractivity contribution in [2.24, 2.45) is 5.92 Å². The van der Waals surface area contributed by atoms with Crippen molar-refractivity contribution in [3.63, 3.8) is 0 Å². The van der Waals surface area contributed by atoms with Crippen LogP contribution in [0.5, 0.6) is 0 Å². The van der Waals surface area contributed by atoms with Crippen LogP contribution in [0.15, 0.2) is 18.2 Å². The minimum absolute atomic E-state index is 0.207. The first-order valence-electron chi connectivity index (χ1n) is 8.16. The Kier molecular flexibility index (Phi) is 6.69. The molecule has 1 aliphatic rings. The van der Waals surface area contributed by atoms with Gasteiger partial charge in [-0.15, -0.1) is 0 Å². The van der Waals surface area contributed by atoms with Gasteiger partial charge in [-0.3, -0.25) is 0 Å². The van der Waals surface area contributed by atoms with Crippen LogP contribution in [0.1, 0.15) is 12.5 Å². The molecule has 1 saturated heterocycles. The number of hydrogen-bond donors (Lipinski definition) is 2. The summed E-state index contributed by atoms with van der Waals surface area (Å²) >= 11 is 6.12. The number of halogens is 1. The first kappa shape index (κ1) is 18.0. The first-order chi connectivity index (χ1) is 10.9. The van der Waals surface area contributed by atoms with Gasteiger partial charge in [0.05, 0.1) is 10.7 Å². The molecule has 1 aromatic rings. The number of anilines is 1. The largest absolute Gasteiger partial charge is 0.338 e. The number of amides is 2. The van der Waals surface area contributed by atoms with Crippen molar-refractivity contribution in [1.82, 2.24) is 15.1 Å². The Bertz CT molecular complexity index is 529. The molecule has 23 heavy (non-hydrogen) atoms. The lowest BCUT2D eigenvalue weighted by molar-refractivity contribution is 0.138. The summed E-state index contributed by atoms with van der Waals surface area (Å²) in [7, 11) is 2.16. The lowest BCUT2D eigenvalue weighted by Crippen LogP contribution is -2.47. The summed E-state index contributed by atoms with van der Waals surface area (Å²) in [6.45, 7) is 10.2. The van der Waals surface area contributed by atoms with Gasteiger partial charge in [0.25, 0.3) is 0 Å². The molecule has 0 aromatic heterocycles. The third-order valence-corrected chi connectivity index (χ3v) is 4.46. The molecular formula is C17H27ClN4O. The number of piperazine rings is 1. The normalized spacial score (nSPS) is 17.7. The molecule has 1 aliphatic heterocycles. The van der Waals surface area contributed by atoms with Crippen molar-refractivity contribution < 1.29 is 4.79 Å². The molecule has 0 spiro atoms. The second kappa shape index (κ2) is 8.52. The minimum atomic E-state index is -0.207. The fourth-order valence-corrected chi connectivity index (χ4v) is 2.97. The number of carbonyl (C=O) groups is 1. The second-order valence-corrected chi connectivity index (χ2v) is 6.93. The van der Waals surface area contributed by atoms with Crippen LogP contribution in [0.4, 0.5) is 10.5 Å². The number of hydrogen-bond acceptors (Lipinski definition) is 3. The van der Waals surface area contributed by atoms with Gasteiger partial charge in [0.1, 0.15) is 0 Å². The molecule has 1 heterocycles. The van der Waals surface area contributed by atoms with E-state index in [2.05, 4.69) is 34.4 Å². The van der Waals surface area contributed by atoms with Crippen LogP contribution < -0.4 is 10.6 Å². The summed E-state index contributed by atoms with van der Waals surface area (Å²) < 4.78 is 0. The Morgan fingerprint density at radius 1 is 1.30 bits per heavy atom. The van der Waals surface area contributed by atoms with Crippen molar-refractivity contribution >= 4 is 23.3 Å². The summed E-state index contributed by atoms with van der Waals surface area (Å²) in [5.74, 6) is 0.414. The topological polar surface area (TPSA) is 47.6 Å². The van der Waals surface area contributed by atoms with E-state index in [1.165, 1.54) is 0 Å². The van der Waals surface area contributed by atoms with Crippen LogP contribution in [0.3, 0.4) is 0 Å². The number of urea groups is 1. The van der Waals surface area contributed by atoms with Crippen molar-refractivity contribution in [3.05, 3.63) is 28.8 Å². The van der Waals surface area contributed by atoms with E-state index in [1.807, 2.05) is 25.1 Å². The van der Waals surface area contributed by atoms with Gasteiger partial charge in [-0.1, -0.05) is 24.6 Å². The van der Waals surface area contributed by atoms with E-state index < -0.39 is 0 Å². The van der Waals surface area contributed by atoms with Gasteiger partial charge < -0.3 is 20.4 Å². The molecular weight excluding hydrogens is 312 g/mol. The molecule has 6 heteroatoms. The van der Waals surface area contributed by atoms with Crippen LogP contribution in [0.2, 0.25) is 5.02 Å². The van der Waals surface area contributed by atoms with Gasteiger partial charge in [-0.25, -0.2) is 4.79 Å². The van der Waals surface area contributed by atoms with Gasteiger partial charge in [-0.05, 0) is 37.6 Å². The van der Waals surface area contributed by atoms with E-state index in [0.29, 0.717) is 23.2 Å². The molecule has 0 aliphatic carbocycles. The summed E-state index contributed by atoms with van der Waals surface area (Å²) in [6.07, 6.45) is 0. The average molecular weight is 339 g/mol. The fourth-order valence-electron chi connectivity index (χ4n) is 2.69. The molecule has 0 unspecified atom stereocenters. The molecule has 0 saturated carbocycles. The highest BCUT2D eigenvalue weighted by Crippen LogP contribution is 2.22. The molecule has 0 radical (unpaired) electrons. The Morgan fingerprint density at radius 2 is 2.00 bits per heavy atom. The van der Waals surface area contributed by atoms with Crippen LogP contribution in [-0.4, -0.2) is 62.1 Å². The smallest absolute Gasteiger partial charge is 0.319 e. The molecule has 1 atom stereocenters. The number of nitrogens with one attached hydrogen (secondary N) is 2. The third-order valence-electron chi connectivity index (χ3n) is 4.15. The maximum Gasteiger partial charge on any atom is 0.319 e. The summed E-state index contributed by atoms with van der Waals surface area (Å²) in [4.78, 5) is 16.8. The Hall–Kier alpha value is -1.30. The monoisotopic (exact) mass is 338 g/mol. The number of benzene rings is 1. The van der Waals surface area contributed by atoms with Crippen molar-refractivity contribution in [3.8, 4) is 0 Å². The van der Waals surface area contributed by atoms with E-state index >= 15 is 0 Å². The second-order valence-electron chi connectivity index (χ2n) is 6.53. The van der Waals surface area contributed by atoms with Crippen molar-refractivity contribution in [2.45, 2.75) is 13.8 Å². The van der Waals surface area contributed by atoms with Gasteiger partial charge in [-0.2, -0.15) is 0 Å². The minimum Gasteiger partial charge on any atom is -0.338 e. The quantitative estimate of drug-likeness (QED) is 0.867. The van der Waals surface area contributed by atoms with Crippen LogP contribution in [0, 0.1) is 12.8 Å². The molecule has 128 valence electrons. The van der Waals surface area contributed by atoms with E-state index in [1.54, 1.807) is 0 Å². The molecule has 2 N–H and O–H groups in total. The first-order valence-corrected chi connectivity index (χ1v) is 8.53. The van der Waals surface area contributed by atoms with Crippen LogP contribution >= 0.6 is 11.6 Å². The molecule has 5 nitrogen and oxygen atoms in total. The predicted molar refractivity (Wildman–Crippen MR) is 96.3 cm³/mol. The molecule has 2 amide bonds. The molecule has 2 rings (SSSR count). The standard InChI is InChI=1S/C17H27ClN4O/c1-13-4-5-16(15(18)10-13)20-17(23)19-11-14(2)12-22-8-6-21(3)7-9-22/h4-5,10,14H,6-9,11-12H2,1-3H3,(H2,19,20,23)/t14-/m1/s1. The summed E-state index contributed by atoms with van der Waals surface area (Å²) in [5, 5.41) is 6.29. The van der Waals surface area contributed by atoms with E-state index in [9.17, 15) is 4.79 Å². The zero-order valence-electron chi connectivity index (χ0n) is 14.2. The van der Waals surface area contributed by atoms with Gasteiger partial charge in [0.2, 0.25) is 0 Å². The van der Waals surface area contributed by atoms with Gasteiger partial charge in [0, 0.05) is 39.3 Å². The Labute approximate surface area is 144 Å². The molecule has 1 fully saturated rings. The predicted octanol–water partition coefficient (Wildman–Crippen LogP) is 2.65. The highest BCUT2D eigenvalue weighted by atomic mass is 35.5. The van der Waals surface area contributed by atoms with Crippen molar-refractivity contribution in [2.75, 3.05) is 51.6 Å². The van der Waals surface area contributed by atoms with Crippen molar-refractivity contribution in [1.29, 1.82) is 0 Å². The average Bonchev–Trinajstić information content (AvgIpc) is 2.50. The van der Waals surface area contributed by atoms with E-state index in [0.717, 1.165) is 38.3 Å². The number of carbonyl (C=O) groups excluding carboxylic acids is 1. The maximum atomic E-state index is 12.0. The lowest BCUT2D eigenvalue weighted by atomic mass is 10.1. The third kappa shape index (κ3) is 6.01. The van der Waals surface area contributed by atoms with Crippen LogP contribution in [0.25, 0.3) is 0 Å². The highest BCUT2D eigenvalue weighted by Gasteiger charge is 2.16. The zero-order chi connectivity index (χ0) is 16.8.